The van der Waals surface area contributed by atoms with Crippen LogP contribution >= 0.6 is 11.5 Å². The van der Waals surface area contributed by atoms with Gasteiger partial charge < -0.3 is 5.32 Å². The number of nitrogens with zero attached hydrogens (tertiary/aromatic N) is 2. The van der Waals surface area contributed by atoms with Crippen LogP contribution in [0.4, 0.5) is 0 Å². The normalized spacial score (nSPS) is 16.1. The maximum Gasteiger partial charge on any atom is 0.282 e. The summed E-state index contributed by atoms with van der Waals surface area (Å²) in [6.45, 7) is 1.78. The highest BCUT2D eigenvalue weighted by atomic mass is 32.1. The highest BCUT2D eigenvalue weighted by Gasteiger charge is 2.25. The van der Waals surface area contributed by atoms with E-state index in [4.69, 9.17) is 0 Å². The van der Waals surface area contributed by atoms with Crippen molar-refractivity contribution in [2.45, 2.75) is 25.8 Å². The quantitative estimate of drug-likeness (QED) is 0.735. The predicted octanol–water partition coefficient (Wildman–Crippen LogP) is 0.739. The molecule has 0 atom stereocenters. The summed E-state index contributed by atoms with van der Waals surface area (Å²) in [5.41, 5.74) is 0. The van der Waals surface area contributed by atoms with E-state index in [1.165, 1.54) is 0 Å². The third-order valence-corrected chi connectivity index (χ3v) is 2.44. The van der Waals surface area contributed by atoms with Crippen molar-refractivity contribution in [1.82, 2.24) is 14.7 Å². The summed E-state index contributed by atoms with van der Waals surface area (Å²) < 4.78 is 3.94. The molecule has 1 N–H and O–H groups in total. The van der Waals surface area contributed by atoms with Gasteiger partial charge in [0.2, 0.25) is 5.01 Å². The third-order valence-electron chi connectivity index (χ3n) is 1.63. The molecule has 2 rings (SSSR count). The first-order valence-corrected chi connectivity index (χ1v) is 4.64. The minimum Gasteiger partial charge on any atom is -0.347 e. The van der Waals surface area contributed by atoms with Gasteiger partial charge in [0, 0.05) is 6.04 Å². The van der Waals surface area contributed by atoms with E-state index < -0.39 is 0 Å². The smallest absolute Gasteiger partial charge is 0.282 e. The van der Waals surface area contributed by atoms with E-state index >= 15 is 0 Å². The molecule has 1 aliphatic rings. The summed E-state index contributed by atoms with van der Waals surface area (Å²) in [5, 5.41) is 3.32. The Morgan fingerprint density at radius 3 is 2.92 bits per heavy atom. The van der Waals surface area contributed by atoms with Crippen molar-refractivity contribution in [2.24, 2.45) is 0 Å². The van der Waals surface area contributed by atoms with Gasteiger partial charge in [0.1, 0.15) is 5.82 Å². The molecule has 0 bridgehead atoms. The number of carbonyl (C=O) groups is 1. The minimum atomic E-state index is -0.0805. The molecule has 1 aromatic heterocycles. The molecule has 0 spiro atoms. The number of rotatable bonds is 2. The molecule has 1 saturated carbocycles. The zero-order chi connectivity index (χ0) is 8.55. The Morgan fingerprint density at radius 2 is 2.42 bits per heavy atom. The largest absolute Gasteiger partial charge is 0.347 e. The van der Waals surface area contributed by atoms with Crippen molar-refractivity contribution in [1.29, 1.82) is 0 Å². The van der Waals surface area contributed by atoms with Crippen LogP contribution in [-0.2, 0) is 0 Å². The third kappa shape index (κ3) is 1.61. The van der Waals surface area contributed by atoms with Crippen LogP contribution in [0.15, 0.2) is 0 Å². The molecular weight excluding hydrogens is 174 g/mol. The Balaban J connectivity index is 2.03. The summed E-state index contributed by atoms with van der Waals surface area (Å²) in [4.78, 5) is 15.3. The fourth-order valence-electron chi connectivity index (χ4n) is 0.864. The van der Waals surface area contributed by atoms with Crippen LogP contribution in [-0.4, -0.2) is 21.3 Å². The van der Waals surface area contributed by atoms with Gasteiger partial charge in [0.25, 0.3) is 5.91 Å². The zero-order valence-corrected chi connectivity index (χ0v) is 7.52. The van der Waals surface area contributed by atoms with E-state index in [1.54, 1.807) is 6.92 Å². The van der Waals surface area contributed by atoms with Gasteiger partial charge in [0.05, 0.1) is 0 Å². The molecule has 12 heavy (non-hydrogen) atoms. The Hall–Kier alpha value is -0.970. The number of hydrogen-bond donors (Lipinski definition) is 1. The standard InChI is InChI=1S/C7H9N3OS/c1-4-8-7(12-10-4)6(11)9-5-2-3-5/h5H,2-3H2,1H3,(H,9,11). The molecule has 4 nitrogen and oxygen atoms in total. The molecular formula is C7H9N3OS. The average Bonchev–Trinajstić information content (AvgIpc) is 2.72. The van der Waals surface area contributed by atoms with Crippen molar-refractivity contribution in [3.05, 3.63) is 10.8 Å². The van der Waals surface area contributed by atoms with Crippen LogP contribution in [0.5, 0.6) is 0 Å². The molecule has 1 amide bonds. The van der Waals surface area contributed by atoms with Crippen LogP contribution < -0.4 is 5.32 Å². The lowest BCUT2D eigenvalue weighted by molar-refractivity contribution is 0.0950. The molecule has 0 saturated heterocycles. The second kappa shape index (κ2) is 2.82. The number of hydrogen-bond acceptors (Lipinski definition) is 4. The highest BCUT2D eigenvalue weighted by Crippen LogP contribution is 2.19. The maximum atomic E-state index is 11.3. The van der Waals surface area contributed by atoms with Crippen LogP contribution in [0.3, 0.4) is 0 Å². The van der Waals surface area contributed by atoms with Gasteiger partial charge in [0.15, 0.2) is 0 Å². The van der Waals surface area contributed by atoms with Crippen molar-refractivity contribution in [2.75, 3.05) is 0 Å². The fraction of sp³-hybridized carbons (Fsp3) is 0.571. The van der Waals surface area contributed by atoms with E-state index in [-0.39, 0.29) is 5.91 Å². The van der Waals surface area contributed by atoms with E-state index in [9.17, 15) is 4.79 Å². The molecule has 1 aliphatic carbocycles. The molecule has 0 unspecified atom stereocenters. The van der Waals surface area contributed by atoms with Gasteiger partial charge in [-0.25, -0.2) is 4.98 Å². The highest BCUT2D eigenvalue weighted by molar-refractivity contribution is 7.07. The zero-order valence-electron chi connectivity index (χ0n) is 6.70. The topological polar surface area (TPSA) is 54.9 Å². The molecule has 1 aromatic rings. The summed E-state index contributed by atoms with van der Waals surface area (Å²) >= 11 is 1.15. The average molecular weight is 183 g/mol. The van der Waals surface area contributed by atoms with E-state index in [0.717, 1.165) is 24.4 Å². The van der Waals surface area contributed by atoms with Crippen LogP contribution in [0.25, 0.3) is 0 Å². The monoisotopic (exact) mass is 183 g/mol. The van der Waals surface area contributed by atoms with Crippen LogP contribution in [0.1, 0.15) is 28.5 Å². The summed E-state index contributed by atoms with van der Waals surface area (Å²) in [6, 6.07) is 0.390. The van der Waals surface area contributed by atoms with E-state index in [0.29, 0.717) is 16.9 Å². The Bertz CT molecular complexity index is 305. The Kier molecular flexibility index (Phi) is 1.80. The van der Waals surface area contributed by atoms with Crippen molar-refractivity contribution >= 4 is 17.4 Å². The second-order valence-electron chi connectivity index (χ2n) is 2.89. The number of aryl methyl sites for hydroxylation is 1. The molecule has 1 heterocycles. The molecule has 0 aliphatic heterocycles. The molecule has 0 aromatic carbocycles. The lowest BCUT2D eigenvalue weighted by Crippen LogP contribution is -2.25. The first-order valence-electron chi connectivity index (χ1n) is 3.87. The van der Waals surface area contributed by atoms with Crippen molar-refractivity contribution in [3.63, 3.8) is 0 Å². The first-order chi connectivity index (χ1) is 5.75. The predicted molar refractivity (Wildman–Crippen MR) is 45.1 cm³/mol. The van der Waals surface area contributed by atoms with Gasteiger partial charge in [-0.15, -0.1) is 0 Å². The summed E-state index contributed by atoms with van der Waals surface area (Å²) in [6.07, 6.45) is 2.20. The van der Waals surface area contributed by atoms with Gasteiger partial charge in [-0.2, -0.15) is 4.37 Å². The molecule has 64 valence electrons. The second-order valence-corrected chi connectivity index (χ2v) is 3.65. The molecule has 5 heteroatoms. The first kappa shape index (κ1) is 7.67. The van der Waals surface area contributed by atoms with E-state index in [1.807, 2.05) is 0 Å². The van der Waals surface area contributed by atoms with Crippen LogP contribution in [0, 0.1) is 6.92 Å². The number of carbonyl (C=O) groups excluding carboxylic acids is 1. The minimum absolute atomic E-state index is 0.0805. The van der Waals surface area contributed by atoms with Crippen LogP contribution in [0.2, 0.25) is 0 Å². The number of aromatic nitrogens is 2. The lowest BCUT2D eigenvalue weighted by atomic mass is 10.5. The SMILES string of the molecule is Cc1nsc(C(=O)NC2CC2)n1. The number of amides is 1. The fourth-order valence-corrected chi connectivity index (χ4v) is 1.44. The lowest BCUT2D eigenvalue weighted by Gasteiger charge is -1.96. The molecule has 1 fully saturated rings. The summed E-state index contributed by atoms with van der Waals surface area (Å²) in [7, 11) is 0. The van der Waals surface area contributed by atoms with Gasteiger partial charge in [-0.05, 0) is 31.3 Å². The summed E-state index contributed by atoms with van der Waals surface area (Å²) in [5.74, 6) is 0.587. The van der Waals surface area contributed by atoms with E-state index in [2.05, 4.69) is 14.7 Å². The molecule has 0 radical (unpaired) electrons. The Labute approximate surface area is 74.2 Å². The number of nitrogens with one attached hydrogen (secondary N) is 1. The van der Waals surface area contributed by atoms with Gasteiger partial charge in [-0.1, -0.05) is 0 Å². The van der Waals surface area contributed by atoms with Gasteiger partial charge >= 0.3 is 0 Å². The maximum absolute atomic E-state index is 11.3. The van der Waals surface area contributed by atoms with Gasteiger partial charge in [-0.3, -0.25) is 4.79 Å². The van der Waals surface area contributed by atoms with Crippen molar-refractivity contribution < 1.29 is 4.79 Å². The Morgan fingerprint density at radius 1 is 1.67 bits per heavy atom. The van der Waals surface area contributed by atoms with Crippen molar-refractivity contribution in [3.8, 4) is 0 Å².